The minimum atomic E-state index is -3.97. The summed E-state index contributed by atoms with van der Waals surface area (Å²) < 4.78 is 28.1. The van der Waals surface area contributed by atoms with Gasteiger partial charge in [0.1, 0.15) is 10.6 Å². The first-order valence-electron chi connectivity index (χ1n) is 4.90. The summed E-state index contributed by atoms with van der Waals surface area (Å²) in [6, 6.07) is 7.26. The zero-order valence-corrected chi connectivity index (χ0v) is 12.3. The highest BCUT2D eigenvalue weighted by Gasteiger charge is 2.19. The van der Waals surface area contributed by atoms with E-state index in [1.807, 2.05) is 0 Å². The molecule has 4 nitrogen and oxygen atoms in total. The van der Waals surface area contributed by atoms with Gasteiger partial charge in [-0.15, -0.1) is 0 Å². The van der Waals surface area contributed by atoms with Crippen LogP contribution in [0.1, 0.15) is 0 Å². The van der Waals surface area contributed by atoms with E-state index in [1.165, 1.54) is 30.5 Å². The lowest BCUT2D eigenvalue weighted by molar-refractivity contribution is 0.448. The zero-order chi connectivity index (χ0) is 14.0. The van der Waals surface area contributed by atoms with Crippen LogP contribution in [-0.4, -0.2) is 13.4 Å². The standard InChI is InChI=1S/C11H6Cl3NO3S/c12-7-3-4-8(13)9(6-7)18-11-10(19(14,16)17)2-1-5-15-11/h1-6H. The van der Waals surface area contributed by atoms with E-state index in [0.717, 1.165) is 0 Å². The van der Waals surface area contributed by atoms with Crippen molar-refractivity contribution in [1.29, 1.82) is 0 Å². The molecule has 0 unspecified atom stereocenters. The van der Waals surface area contributed by atoms with Gasteiger partial charge in [-0.3, -0.25) is 0 Å². The molecule has 2 rings (SSSR count). The molecule has 8 heteroatoms. The van der Waals surface area contributed by atoms with E-state index in [-0.39, 0.29) is 21.5 Å². The van der Waals surface area contributed by atoms with E-state index >= 15 is 0 Å². The predicted octanol–water partition coefficient (Wildman–Crippen LogP) is 4.11. The van der Waals surface area contributed by atoms with Crippen LogP contribution >= 0.6 is 33.9 Å². The van der Waals surface area contributed by atoms with Crippen molar-refractivity contribution in [2.24, 2.45) is 0 Å². The molecule has 0 radical (unpaired) electrons. The molecule has 1 aromatic carbocycles. The van der Waals surface area contributed by atoms with Gasteiger partial charge in [-0.25, -0.2) is 13.4 Å². The van der Waals surface area contributed by atoms with Gasteiger partial charge in [0.25, 0.3) is 9.05 Å². The Morgan fingerprint density at radius 2 is 1.89 bits per heavy atom. The fraction of sp³-hybridized carbons (Fsp3) is 0. The summed E-state index contributed by atoms with van der Waals surface area (Å²) in [4.78, 5) is 3.58. The number of aromatic nitrogens is 1. The number of rotatable bonds is 3. The van der Waals surface area contributed by atoms with Crippen LogP contribution in [0.2, 0.25) is 10.0 Å². The molecule has 0 aliphatic heterocycles. The Kier molecular flexibility index (Phi) is 4.20. The highest BCUT2D eigenvalue weighted by molar-refractivity contribution is 8.13. The molecule has 0 bridgehead atoms. The maximum absolute atomic E-state index is 11.4. The monoisotopic (exact) mass is 337 g/mol. The largest absolute Gasteiger partial charge is 0.436 e. The van der Waals surface area contributed by atoms with Crippen molar-refractivity contribution < 1.29 is 13.2 Å². The molecule has 0 atom stereocenters. The highest BCUT2D eigenvalue weighted by atomic mass is 35.7. The van der Waals surface area contributed by atoms with E-state index in [0.29, 0.717) is 5.02 Å². The Balaban J connectivity index is 2.47. The van der Waals surface area contributed by atoms with Crippen LogP contribution in [0.4, 0.5) is 0 Å². The van der Waals surface area contributed by atoms with Gasteiger partial charge in [0.15, 0.2) is 0 Å². The second-order valence-electron chi connectivity index (χ2n) is 3.42. The van der Waals surface area contributed by atoms with Gasteiger partial charge in [-0.1, -0.05) is 23.2 Å². The fourth-order valence-corrected chi connectivity index (χ4v) is 2.51. The zero-order valence-electron chi connectivity index (χ0n) is 9.18. The molecule has 100 valence electrons. The van der Waals surface area contributed by atoms with Gasteiger partial charge < -0.3 is 4.74 Å². The summed E-state index contributed by atoms with van der Waals surface area (Å²) >= 11 is 11.7. The van der Waals surface area contributed by atoms with Crippen LogP contribution in [0, 0.1) is 0 Å². The number of benzene rings is 1. The van der Waals surface area contributed by atoms with Gasteiger partial charge >= 0.3 is 0 Å². The molecule has 0 amide bonds. The molecule has 0 aliphatic carbocycles. The van der Waals surface area contributed by atoms with Gasteiger partial charge in [0.05, 0.1) is 5.02 Å². The van der Waals surface area contributed by atoms with Crippen molar-refractivity contribution in [3.05, 3.63) is 46.6 Å². The topological polar surface area (TPSA) is 56.3 Å². The van der Waals surface area contributed by atoms with Crippen molar-refractivity contribution in [1.82, 2.24) is 4.98 Å². The SMILES string of the molecule is O=S(=O)(Cl)c1cccnc1Oc1cc(Cl)ccc1Cl. The molecule has 19 heavy (non-hydrogen) atoms. The van der Waals surface area contributed by atoms with Gasteiger partial charge in [0.2, 0.25) is 5.88 Å². The Labute approximate surface area is 124 Å². The maximum Gasteiger partial charge on any atom is 0.266 e. The average molecular weight is 339 g/mol. The third-order valence-corrected chi connectivity index (χ3v) is 3.98. The van der Waals surface area contributed by atoms with Crippen molar-refractivity contribution in [2.75, 3.05) is 0 Å². The quantitative estimate of drug-likeness (QED) is 0.790. The van der Waals surface area contributed by atoms with Crippen LogP contribution in [0.3, 0.4) is 0 Å². The summed E-state index contributed by atoms with van der Waals surface area (Å²) in [5.74, 6) is 0.0242. The summed E-state index contributed by atoms with van der Waals surface area (Å²) in [5.41, 5.74) is 0. The first-order chi connectivity index (χ1) is 8.88. The summed E-state index contributed by atoms with van der Waals surface area (Å²) in [6.45, 7) is 0. The molecule has 1 heterocycles. The first kappa shape index (κ1) is 14.4. The normalized spacial score (nSPS) is 11.3. The number of ether oxygens (including phenoxy) is 1. The third kappa shape index (κ3) is 3.51. The molecule has 0 saturated carbocycles. The van der Waals surface area contributed by atoms with E-state index in [2.05, 4.69) is 4.98 Å². The summed E-state index contributed by atoms with van der Waals surface area (Å²) in [5, 5.41) is 0.665. The molecule has 0 saturated heterocycles. The Bertz CT molecular complexity index is 719. The number of halogens is 3. The average Bonchev–Trinajstić information content (AvgIpc) is 2.33. The molecular formula is C11H6Cl3NO3S. The Morgan fingerprint density at radius 3 is 2.58 bits per heavy atom. The second kappa shape index (κ2) is 5.54. The Morgan fingerprint density at radius 1 is 1.16 bits per heavy atom. The molecule has 1 aromatic heterocycles. The van der Waals surface area contributed by atoms with Crippen LogP contribution in [0.15, 0.2) is 41.4 Å². The minimum Gasteiger partial charge on any atom is -0.436 e. The first-order valence-corrected chi connectivity index (χ1v) is 7.97. The molecule has 0 fully saturated rings. The van der Waals surface area contributed by atoms with Crippen LogP contribution in [-0.2, 0) is 9.05 Å². The van der Waals surface area contributed by atoms with Crippen molar-refractivity contribution in [2.45, 2.75) is 4.90 Å². The molecule has 0 spiro atoms. The maximum atomic E-state index is 11.4. The van der Waals surface area contributed by atoms with Crippen molar-refractivity contribution in [3.8, 4) is 11.6 Å². The van der Waals surface area contributed by atoms with Gasteiger partial charge in [-0.05, 0) is 24.3 Å². The van der Waals surface area contributed by atoms with Crippen LogP contribution in [0.25, 0.3) is 0 Å². The smallest absolute Gasteiger partial charge is 0.266 e. The highest BCUT2D eigenvalue weighted by Crippen LogP contribution is 2.34. The number of nitrogens with zero attached hydrogens (tertiary/aromatic N) is 1. The van der Waals surface area contributed by atoms with E-state index < -0.39 is 9.05 Å². The lowest BCUT2D eigenvalue weighted by Gasteiger charge is -2.09. The fourth-order valence-electron chi connectivity index (χ4n) is 1.30. The molecular weight excluding hydrogens is 333 g/mol. The second-order valence-corrected chi connectivity index (χ2v) is 6.80. The van der Waals surface area contributed by atoms with Crippen molar-refractivity contribution >= 4 is 42.9 Å². The number of hydrogen-bond donors (Lipinski definition) is 0. The number of hydrogen-bond acceptors (Lipinski definition) is 4. The summed E-state index contributed by atoms with van der Waals surface area (Å²) in [6.07, 6.45) is 1.37. The lowest BCUT2D eigenvalue weighted by Crippen LogP contribution is -1.98. The van der Waals surface area contributed by atoms with E-state index in [9.17, 15) is 8.42 Å². The molecule has 0 N–H and O–H groups in total. The third-order valence-electron chi connectivity index (χ3n) is 2.10. The lowest BCUT2D eigenvalue weighted by atomic mass is 10.3. The van der Waals surface area contributed by atoms with E-state index in [1.54, 1.807) is 6.07 Å². The van der Waals surface area contributed by atoms with Crippen molar-refractivity contribution in [3.63, 3.8) is 0 Å². The van der Waals surface area contributed by atoms with Gasteiger partial charge in [-0.2, -0.15) is 0 Å². The summed E-state index contributed by atoms with van der Waals surface area (Å²) in [7, 11) is 1.33. The van der Waals surface area contributed by atoms with Crippen LogP contribution in [0.5, 0.6) is 11.6 Å². The van der Waals surface area contributed by atoms with Gasteiger partial charge in [0, 0.05) is 28.0 Å². The minimum absolute atomic E-state index is 0.165. The molecule has 2 aromatic rings. The number of pyridine rings is 1. The Hall–Kier alpha value is -1.01. The predicted molar refractivity (Wildman–Crippen MR) is 73.8 cm³/mol. The van der Waals surface area contributed by atoms with E-state index in [4.69, 9.17) is 38.6 Å². The van der Waals surface area contributed by atoms with Crippen LogP contribution < -0.4 is 4.74 Å². The molecule has 0 aliphatic rings.